The van der Waals surface area contributed by atoms with E-state index in [0.29, 0.717) is 29.8 Å². The number of carbonyl (C=O) groups excluding carboxylic acids is 1. The number of nitrogens with zero attached hydrogens (tertiary/aromatic N) is 1. The summed E-state index contributed by atoms with van der Waals surface area (Å²) in [6.45, 7) is 0. The topological polar surface area (TPSA) is 76.1 Å². The molecule has 2 atom stereocenters. The third-order valence-electron chi connectivity index (χ3n) is 7.02. The lowest BCUT2D eigenvalue weighted by atomic mass is 9.73. The number of allylic oxidation sites excluding steroid dienone is 2. The average molecular weight is 464 g/mol. The predicted octanol–water partition coefficient (Wildman–Crippen LogP) is 5.13. The fraction of sp³-hybridized carbons (Fsp3) is 0.172. The second-order valence-electron chi connectivity index (χ2n) is 9.04. The first kappa shape index (κ1) is 21.2. The average Bonchev–Trinajstić information content (AvgIpc) is 3.24. The molecule has 0 amide bonds. The van der Waals surface area contributed by atoms with Gasteiger partial charge in [0.25, 0.3) is 5.56 Å². The predicted molar refractivity (Wildman–Crippen MR) is 135 cm³/mol. The number of ether oxygens (including phenoxy) is 1. The number of fused-ring (bicyclic) bond motifs is 1. The minimum atomic E-state index is -0.454. The van der Waals surface area contributed by atoms with Gasteiger partial charge in [-0.25, -0.2) is 4.68 Å². The van der Waals surface area contributed by atoms with E-state index in [4.69, 9.17) is 4.74 Å². The van der Waals surface area contributed by atoms with Crippen molar-refractivity contribution in [3.63, 3.8) is 0 Å². The minimum absolute atomic E-state index is 0.0749. The zero-order chi connectivity index (χ0) is 23.9. The zero-order valence-electron chi connectivity index (χ0n) is 19.3. The summed E-state index contributed by atoms with van der Waals surface area (Å²) in [5.74, 6) is 1.08. The number of H-pyrrole nitrogens is 1. The Hall–Kier alpha value is -4.32. The second kappa shape index (κ2) is 8.47. The molecule has 0 unspecified atom stereocenters. The summed E-state index contributed by atoms with van der Waals surface area (Å²) in [6, 6.07) is 27.3. The maximum absolute atomic E-state index is 13.7. The van der Waals surface area contributed by atoms with Gasteiger partial charge in [-0.2, -0.15) is 0 Å². The van der Waals surface area contributed by atoms with Gasteiger partial charge in [-0.1, -0.05) is 60.7 Å². The Morgan fingerprint density at radius 3 is 2.20 bits per heavy atom. The largest absolute Gasteiger partial charge is 0.497 e. The van der Waals surface area contributed by atoms with Crippen LogP contribution in [0.25, 0.3) is 5.69 Å². The molecule has 0 spiro atoms. The number of carbonyl (C=O) groups is 1. The summed E-state index contributed by atoms with van der Waals surface area (Å²) in [4.78, 5) is 27.4. The number of methoxy groups -OCH3 is 1. The first-order valence-corrected chi connectivity index (χ1v) is 11.8. The molecule has 6 rings (SSSR count). The highest BCUT2D eigenvalue weighted by atomic mass is 16.5. The number of benzene rings is 3. The minimum Gasteiger partial charge on any atom is -0.497 e. The van der Waals surface area contributed by atoms with Gasteiger partial charge in [0, 0.05) is 23.6 Å². The van der Waals surface area contributed by atoms with Crippen LogP contribution >= 0.6 is 0 Å². The Bertz CT molecular complexity index is 1480. The molecule has 0 radical (unpaired) electrons. The van der Waals surface area contributed by atoms with Gasteiger partial charge in [-0.05, 0) is 47.7 Å². The highest BCUT2D eigenvalue weighted by Gasteiger charge is 2.41. The number of anilines is 1. The standard InChI is InChI=1S/C29H25N3O3/c1-35-22-14-12-19(13-15-22)25-26-23(16-20(17-24(26)33)18-8-4-2-5-9-18)30-28-27(25)29(34)32(31-28)21-10-6-3-7-11-21/h2-15,20,25,30-31H,16-17H2,1H3/t20-,25-/m0/s1. The van der Waals surface area contributed by atoms with Gasteiger partial charge in [0.1, 0.15) is 11.6 Å². The maximum atomic E-state index is 13.7. The van der Waals surface area contributed by atoms with E-state index in [0.717, 1.165) is 28.3 Å². The van der Waals surface area contributed by atoms with E-state index in [-0.39, 0.29) is 17.3 Å². The molecule has 0 bridgehead atoms. The van der Waals surface area contributed by atoms with E-state index in [9.17, 15) is 9.59 Å². The van der Waals surface area contributed by atoms with Crippen LogP contribution in [0.15, 0.2) is 101 Å². The normalized spacial score (nSPS) is 19.1. The molecule has 1 aliphatic heterocycles. The van der Waals surface area contributed by atoms with E-state index in [1.54, 1.807) is 11.8 Å². The van der Waals surface area contributed by atoms with Crippen LogP contribution in [-0.4, -0.2) is 22.7 Å². The number of hydrogen-bond acceptors (Lipinski definition) is 4. The molecule has 1 aliphatic carbocycles. The summed E-state index contributed by atoms with van der Waals surface area (Å²) >= 11 is 0. The monoisotopic (exact) mass is 463 g/mol. The summed E-state index contributed by atoms with van der Waals surface area (Å²) in [6.07, 6.45) is 1.12. The molecule has 2 N–H and O–H groups in total. The molecule has 6 heteroatoms. The molecule has 3 aromatic carbocycles. The molecule has 2 heterocycles. The van der Waals surface area contributed by atoms with Crippen molar-refractivity contribution >= 4 is 11.6 Å². The Morgan fingerprint density at radius 1 is 0.829 bits per heavy atom. The van der Waals surface area contributed by atoms with Crippen LogP contribution in [0, 0.1) is 0 Å². The lowest BCUT2D eigenvalue weighted by Crippen LogP contribution is -2.32. The van der Waals surface area contributed by atoms with Crippen molar-refractivity contribution < 1.29 is 9.53 Å². The van der Waals surface area contributed by atoms with Crippen LogP contribution < -0.4 is 15.6 Å². The van der Waals surface area contributed by atoms with Gasteiger partial charge in [0.2, 0.25) is 0 Å². The first-order chi connectivity index (χ1) is 17.1. The fourth-order valence-corrected chi connectivity index (χ4v) is 5.34. The lowest BCUT2D eigenvalue weighted by molar-refractivity contribution is -0.116. The molecule has 35 heavy (non-hydrogen) atoms. The smallest absolute Gasteiger partial charge is 0.277 e. The van der Waals surface area contributed by atoms with Crippen LogP contribution in [0.2, 0.25) is 0 Å². The van der Waals surface area contributed by atoms with Crippen molar-refractivity contribution in [3.05, 3.63) is 123 Å². The quantitative estimate of drug-likeness (QED) is 0.440. The van der Waals surface area contributed by atoms with E-state index < -0.39 is 5.92 Å². The van der Waals surface area contributed by atoms with E-state index in [2.05, 4.69) is 22.5 Å². The second-order valence-corrected chi connectivity index (χ2v) is 9.04. The molecule has 6 nitrogen and oxygen atoms in total. The van der Waals surface area contributed by atoms with Crippen molar-refractivity contribution in [2.24, 2.45) is 0 Å². The van der Waals surface area contributed by atoms with Gasteiger partial charge in [0.15, 0.2) is 5.78 Å². The molecule has 1 aromatic heterocycles. The van der Waals surface area contributed by atoms with Gasteiger partial charge < -0.3 is 10.1 Å². The van der Waals surface area contributed by atoms with Crippen LogP contribution in [0.3, 0.4) is 0 Å². The molecule has 174 valence electrons. The van der Waals surface area contributed by atoms with E-state index in [1.807, 2.05) is 72.8 Å². The highest BCUT2D eigenvalue weighted by molar-refractivity contribution is 6.01. The summed E-state index contributed by atoms with van der Waals surface area (Å²) in [7, 11) is 1.62. The van der Waals surface area contributed by atoms with E-state index in [1.165, 1.54) is 0 Å². The lowest BCUT2D eigenvalue weighted by Gasteiger charge is -2.34. The van der Waals surface area contributed by atoms with Gasteiger partial charge in [-0.15, -0.1) is 0 Å². The van der Waals surface area contributed by atoms with E-state index >= 15 is 0 Å². The number of Topliss-reactive ketones (excluding diaryl/α,β-unsaturated/α-hetero) is 1. The Kier molecular flexibility index (Phi) is 5.14. The van der Waals surface area contributed by atoms with Gasteiger partial charge in [-0.3, -0.25) is 14.7 Å². The molecular formula is C29H25N3O3. The Balaban J connectivity index is 1.51. The van der Waals surface area contributed by atoms with Crippen LogP contribution in [-0.2, 0) is 4.79 Å². The van der Waals surface area contributed by atoms with Crippen molar-refractivity contribution in [2.45, 2.75) is 24.7 Å². The van der Waals surface area contributed by atoms with Gasteiger partial charge in [0.05, 0.1) is 18.4 Å². The van der Waals surface area contributed by atoms with Crippen molar-refractivity contribution in [1.82, 2.24) is 9.78 Å². The number of aromatic nitrogens is 2. The maximum Gasteiger partial charge on any atom is 0.277 e. The first-order valence-electron chi connectivity index (χ1n) is 11.8. The summed E-state index contributed by atoms with van der Waals surface area (Å²) < 4.78 is 6.89. The fourth-order valence-electron chi connectivity index (χ4n) is 5.34. The molecule has 0 saturated carbocycles. The van der Waals surface area contributed by atoms with Crippen LogP contribution in [0.5, 0.6) is 5.75 Å². The summed E-state index contributed by atoms with van der Waals surface area (Å²) in [5, 5.41) is 6.71. The van der Waals surface area contributed by atoms with Crippen molar-refractivity contribution in [3.8, 4) is 11.4 Å². The highest BCUT2D eigenvalue weighted by Crippen LogP contribution is 2.46. The molecule has 0 fully saturated rings. The Morgan fingerprint density at radius 2 is 1.51 bits per heavy atom. The molecular weight excluding hydrogens is 438 g/mol. The molecule has 4 aromatic rings. The van der Waals surface area contributed by atoms with Crippen molar-refractivity contribution in [1.29, 1.82) is 0 Å². The third kappa shape index (κ3) is 3.58. The summed E-state index contributed by atoms with van der Waals surface area (Å²) in [5.41, 5.74) is 4.75. The molecule has 0 saturated heterocycles. The van der Waals surface area contributed by atoms with Gasteiger partial charge >= 0.3 is 0 Å². The number of hydrogen-bond donors (Lipinski definition) is 2. The number of aromatic amines is 1. The number of rotatable bonds is 4. The molecule has 2 aliphatic rings. The Labute approximate surface area is 202 Å². The zero-order valence-corrected chi connectivity index (χ0v) is 19.3. The van der Waals surface area contributed by atoms with Crippen LogP contribution in [0.1, 0.15) is 41.4 Å². The SMILES string of the molecule is COc1ccc([C@H]2C3=C(C[C@H](c4ccccc4)CC3=O)Nc3[nH]n(-c4ccccc4)c(=O)c32)cc1. The third-order valence-corrected chi connectivity index (χ3v) is 7.02. The number of nitrogens with one attached hydrogen (secondary N) is 2. The van der Waals surface area contributed by atoms with Crippen molar-refractivity contribution in [2.75, 3.05) is 12.4 Å². The number of para-hydroxylation sites is 1. The number of ketones is 1. The van der Waals surface area contributed by atoms with Crippen LogP contribution in [0.4, 0.5) is 5.82 Å².